The summed E-state index contributed by atoms with van der Waals surface area (Å²) in [5.74, 6) is 0.993. The van der Waals surface area contributed by atoms with Crippen molar-refractivity contribution in [3.63, 3.8) is 0 Å². The van der Waals surface area contributed by atoms with Gasteiger partial charge in [-0.15, -0.1) is 0 Å². The highest BCUT2D eigenvalue weighted by Crippen LogP contribution is 2.23. The molecule has 1 aliphatic heterocycles. The molecule has 1 fully saturated rings. The minimum absolute atomic E-state index is 0.0602. The smallest absolute Gasteiger partial charge is 0.222 e. The largest absolute Gasteiger partial charge is 0.340 e. The Balaban J connectivity index is 2.42. The summed E-state index contributed by atoms with van der Waals surface area (Å²) < 4.78 is 0. The number of hydrogen-bond donors (Lipinski definition) is 1. The number of hydrogen-bond acceptors (Lipinski definition) is 2. The molecule has 1 amide bonds. The first-order chi connectivity index (χ1) is 12.0. The molecule has 0 aromatic carbocycles. The molecule has 148 valence electrons. The summed E-state index contributed by atoms with van der Waals surface area (Å²) in [5.41, 5.74) is 0.0602. The average molecular weight is 353 g/mol. The number of amides is 1. The number of unbranched alkanes of at least 4 members (excludes halogenated alkanes) is 7. The van der Waals surface area contributed by atoms with Crippen LogP contribution >= 0.6 is 0 Å². The molecule has 0 spiro atoms. The number of carbonyl (C=O) groups excluding carboxylic acids is 1. The molecule has 1 atom stereocenters. The quantitative estimate of drug-likeness (QED) is 0.442. The van der Waals surface area contributed by atoms with E-state index < -0.39 is 0 Å². The van der Waals surface area contributed by atoms with E-state index in [1.54, 1.807) is 0 Å². The van der Waals surface area contributed by atoms with Gasteiger partial charge in [-0.25, -0.2) is 0 Å². The molecule has 25 heavy (non-hydrogen) atoms. The molecule has 0 bridgehead atoms. The van der Waals surface area contributed by atoms with Crippen LogP contribution in [-0.2, 0) is 4.79 Å². The van der Waals surface area contributed by atoms with Crippen LogP contribution in [0.5, 0.6) is 0 Å². The Kier molecular flexibility index (Phi) is 11.4. The maximum Gasteiger partial charge on any atom is 0.222 e. The highest BCUT2D eigenvalue weighted by atomic mass is 16.2. The van der Waals surface area contributed by atoms with Gasteiger partial charge >= 0.3 is 0 Å². The summed E-state index contributed by atoms with van der Waals surface area (Å²) in [6.07, 6.45) is 15.2. The standard InChI is InChI=1S/C22H44N2O/c1-5-7-9-11-13-15-20(14-12-10-8-6-2)18-21(25)24-17-16-23-22(3,4)19-24/h20,23H,5-19H2,1-4H3. The number of nitrogens with zero attached hydrogens (tertiary/aromatic N) is 1. The van der Waals surface area contributed by atoms with Crippen molar-refractivity contribution >= 4 is 5.91 Å². The lowest BCUT2D eigenvalue weighted by atomic mass is 9.90. The predicted molar refractivity (Wildman–Crippen MR) is 109 cm³/mol. The van der Waals surface area contributed by atoms with Crippen molar-refractivity contribution in [1.82, 2.24) is 10.2 Å². The normalized spacial score (nSPS) is 18.3. The second kappa shape index (κ2) is 12.7. The van der Waals surface area contributed by atoms with Gasteiger partial charge in [-0.05, 0) is 32.6 Å². The van der Waals surface area contributed by atoms with Crippen LogP contribution < -0.4 is 5.32 Å². The van der Waals surface area contributed by atoms with E-state index in [0.29, 0.717) is 11.8 Å². The molecule has 0 aliphatic carbocycles. The summed E-state index contributed by atoms with van der Waals surface area (Å²) in [7, 11) is 0. The first-order valence-electron chi connectivity index (χ1n) is 11.0. The van der Waals surface area contributed by atoms with Crippen molar-refractivity contribution in [3.8, 4) is 0 Å². The van der Waals surface area contributed by atoms with E-state index >= 15 is 0 Å². The maximum atomic E-state index is 12.8. The first kappa shape index (κ1) is 22.5. The Morgan fingerprint density at radius 2 is 1.52 bits per heavy atom. The number of carbonyl (C=O) groups is 1. The van der Waals surface area contributed by atoms with Crippen molar-refractivity contribution in [2.24, 2.45) is 5.92 Å². The second-order valence-electron chi connectivity index (χ2n) is 8.75. The monoisotopic (exact) mass is 352 g/mol. The minimum Gasteiger partial charge on any atom is -0.340 e. The zero-order valence-corrected chi connectivity index (χ0v) is 17.5. The van der Waals surface area contributed by atoms with Crippen LogP contribution in [0.2, 0.25) is 0 Å². The van der Waals surface area contributed by atoms with E-state index in [1.165, 1.54) is 70.6 Å². The highest BCUT2D eigenvalue weighted by Gasteiger charge is 2.29. The maximum absolute atomic E-state index is 12.8. The Morgan fingerprint density at radius 1 is 0.960 bits per heavy atom. The zero-order valence-electron chi connectivity index (χ0n) is 17.5. The van der Waals surface area contributed by atoms with Gasteiger partial charge in [0.2, 0.25) is 5.91 Å². The Labute approximate surface area is 157 Å². The Hall–Kier alpha value is -0.570. The summed E-state index contributed by atoms with van der Waals surface area (Å²) in [6.45, 7) is 11.6. The molecule has 0 saturated carbocycles. The molecular formula is C22H44N2O. The van der Waals surface area contributed by atoms with Gasteiger partial charge in [-0.2, -0.15) is 0 Å². The van der Waals surface area contributed by atoms with Crippen LogP contribution in [0.4, 0.5) is 0 Å². The third-order valence-electron chi connectivity index (χ3n) is 5.57. The van der Waals surface area contributed by atoms with Gasteiger partial charge in [0.15, 0.2) is 0 Å². The van der Waals surface area contributed by atoms with Crippen LogP contribution in [0.15, 0.2) is 0 Å². The predicted octanol–water partition coefficient (Wildman–Crippen LogP) is 5.53. The molecular weight excluding hydrogens is 308 g/mol. The summed E-state index contributed by atoms with van der Waals surface area (Å²) in [6, 6.07) is 0. The topological polar surface area (TPSA) is 32.3 Å². The van der Waals surface area contributed by atoms with Crippen molar-refractivity contribution in [2.45, 2.75) is 110 Å². The van der Waals surface area contributed by atoms with Gasteiger partial charge in [-0.1, -0.05) is 71.6 Å². The zero-order chi connectivity index (χ0) is 18.5. The third kappa shape index (κ3) is 10.2. The lowest BCUT2D eigenvalue weighted by Gasteiger charge is -2.39. The van der Waals surface area contributed by atoms with Crippen LogP contribution in [0.25, 0.3) is 0 Å². The number of nitrogens with one attached hydrogen (secondary N) is 1. The Bertz CT molecular complexity index is 354. The van der Waals surface area contributed by atoms with Crippen LogP contribution in [0, 0.1) is 5.92 Å². The number of piperazine rings is 1. The molecule has 1 rings (SSSR count). The molecule has 1 N–H and O–H groups in total. The minimum atomic E-state index is 0.0602. The fraction of sp³-hybridized carbons (Fsp3) is 0.955. The molecule has 1 saturated heterocycles. The van der Waals surface area contributed by atoms with Crippen molar-refractivity contribution in [1.29, 1.82) is 0 Å². The summed E-state index contributed by atoms with van der Waals surface area (Å²) in [5, 5.41) is 3.50. The van der Waals surface area contributed by atoms with Gasteiger partial charge < -0.3 is 10.2 Å². The first-order valence-corrected chi connectivity index (χ1v) is 11.0. The van der Waals surface area contributed by atoms with Crippen molar-refractivity contribution in [2.75, 3.05) is 19.6 Å². The molecule has 3 heteroatoms. The van der Waals surface area contributed by atoms with Gasteiger partial charge in [0, 0.05) is 31.6 Å². The van der Waals surface area contributed by atoms with E-state index in [2.05, 4.69) is 37.9 Å². The van der Waals surface area contributed by atoms with E-state index in [0.717, 1.165) is 26.1 Å². The molecule has 1 heterocycles. The highest BCUT2D eigenvalue weighted by molar-refractivity contribution is 5.76. The Morgan fingerprint density at radius 3 is 2.08 bits per heavy atom. The molecule has 0 aromatic heterocycles. The van der Waals surface area contributed by atoms with E-state index in [-0.39, 0.29) is 5.54 Å². The lowest BCUT2D eigenvalue weighted by molar-refractivity contribution is -0.134. The van der Waals surface area contributed by atoms with Crippen LogP contribution in [0.3, 0.4) is 0 Å². The SMILES string of the molecule is CCCCCCCC(CCCCCC)CC(=O)N1CCNC(C)(C)C1. The average Bonchev–Trinajstić information content (AvgIpc) is 2.57. The van der Waals surface area contributed by atoms with E-state index in [9.17, 15) is 4.79 Å². The molecule has 0 aromatic rings. The number of rotatable bonds is 13. The van der Waals surface area contributed by atoms with Crippen molar-refractivity contribution in [3.05, 3.63) is 0 Å². The molecule has 0 radical (unpaired) electrons. The molecule has 1 unspecified atom stereocenters. The van der Waals surface area contributed by atoms with Gasteiger partial charge in [0.25, 0.3) is 0 Å². The van der Waals surface area contributed by atoms with Gasteiger partial charge in [0.1, 0.15) is 0 Å². The van der Waals surface area contributed by atoms with Crippen LogP contribution in [-0.4, -0.2) is 36.0 Å². The fourth-order valence-electron chi connectivity index (χ4n) is 3.98. The summed E-state index contributed by atoms with van der Waals surface area (Å²) >= 11 is 0. The van der Waals surface area contributed by atoms with Gasteiger partial charge in [0.05, 0.1) is 0 Å². The second-order valence-corrected chi connectivity index (χ2v) is 8.75. The van der Waals surface area contributed by atoms with Crippen LogP contribution in [0.1, 0.15) is 105 Å². The van der Waals surface area contributed by atoms with E-state index in [4.69, 9.17) is 0 Å². The van der Waals surface area contributed by atoms with Crippen molar-refractivity contribution < 1.29 is 4.79 Å². The van der Waals surface area contributed by atoms with E-state index in [1.807, 2.05) is 0 Å². The lowest BCUT2D eigenvalue weighted by Crippen LogP contribution is -2.58. The molecule has 3 nitrogen and oxygen atoms in total. The molecule has 1 aliphatic rings. The summed E-state index contributed by atoms with van der Waals surface area (Å²) in [4.78, 5) is 14.9. The third-order valence-corrected chi connectivity index (χ3v) is 5.57. The fourth-order valence-corrected chi connectivity index (χ4v) is 3.98. The van der Waals surface area contributed by atoms with Gasteiger partial charge in [-0.3, -0.25) is 4.79 Å².